The summed E-state index contributed by atoms with van der Waals surface area (Å²) in [6.07, 6.45) is 3.61. The van der Waals surface area contributed by atoms with E-state index in [2.05, 4.69) is 15.1 Å². The predicted octanol–water partition coefficient (Wildman–Crippen LogP) is 1.02. The second-order valence-corrected chi connectivity index (χ2v) is 8.07. The maximum Gasteiger partial charge on any atom is 0.240 e. The van der Waals surface area contributed by atoms with Crippen LogP contribution in [0.2, 0.25) is 0 Å². The van der Waals surface area contributed by atoms with Gasteiger partial charge in [-0.3, -0.25) is 9.48 Å². The Morgan fingerprint density at radius 3 is 2.64 bits per heavy atom. The molecule has 9 nitrogen and oxygen atoms in total. The van der Waals surface area contributed by atoms with Gasteiger partial charge in [0.1, 0.15) is 0 Å². The monoisotopic (exact) mass is 410 g/mol. The molecular formula is C18H26N4O5S. The topological polar surface area (TPSA) is 112 Å². The molecule has 2 N–H and O–H groups in total. The molecule has 0 saturated heterocycles. The van der Waals surface area contributed by atoms with Gasteiger partial charge in [0.15, 0.2) is 11.5 Å². The quantitative estimate of drug-likeness (QED) is 0.572. The Hall–Kier alpha value is -2.59. The van der Waals surface area contributed by atoms with Gasteiger partial charge in [-0.1, -0.05) is 6.92 Å². The molecule has 2 rings (SSSR count). The molecule has 154 valence electrons. The molecule has 1 aromatic carbocycles. The van der Waals surface area contributed by atoms with E-state index in [1.807, 2.05) is 19.2 Å². The van der Waals surface area contributed by atoms with Crippen LogP contribution in [-0.2, 0) is 21.4 Å². The summed E-state index contributed by atoms with van der Waals surface area (Å²) in [6, 6.07) is 6.15. The molecule has 0 fully saturated rings. The van der Waals surface area contributed by atoms with Crippen LogP contribution < -0.4 is 19.5 Å². The average molecular weight is 410 g/mol. The number of sulfonamides is 1. The number of hydrogen-bond donors (Lipinski definition) is 2. The Morgan fingerprint density at radius 2 is 2.00 bits per heavy atom. The first-order valence-electron chi connectivity index (χ1n) is 8.81. The van der Waals surface area contributed by atoms with Crippen LogP contribution in [0.25, 0.3) is 0 Å². The molecule has 0 spiro atoms. The smallest absolute Gasteiger partial charge is 0.240 e. The summed E-state index contributed by atoms with van der Waals surface area (Å²) in [7, 11) is -0.855. The molecule has 0 aliphatic rings. The Bertz CT molecular complexity index is 868. The Labute approximate surface area is 165 Å². The highest BCUT2D eigenvalue weighted by molar-refractivity contribution is 7.89. The van der Waals surface area contributed by atoms with Crippen molar-refractivity contribution in [2.75, 3.05) is 27.3 Å². The molecule has 0 bridgehead atoms. The van der Waals surface area contributed by atoms with E-state index in [1.54, 1.807) is 10.9 Å². The minimum Gasteiger partial charge on any atom is -0.493 e. The van der Waals surface area contributed by atoms with Crippen LogP contribution in [-0.4, -0.2) is 51.4 Å². The zero-order valence-corrected chi connectivity index (χ0v) is 17.0. The summed E-state index contributed by atoms with van der Waals surface area (Å²) in [6.45, 7) is 3.18. The fourth-order valence-electron chi connectivity index (χ4n) is 2.53. The number of carbonyl (C=O) groups excluding carboxylic acids is 1. The van der Waals surface area contributed by atoms with Crippen LogP contribution in [0.4, 0.5) is 0 Å². The Morgan fingerprint density at radius 1 is 1.25 bits per heavy atom. The van der Waals surface area contributed by atoms with Gasteiger partial charge in [-0.25, -0.2) is 13.1 Å². The van der Waals surface area contributed by atoms with Crippen molar-refractivity contribution in [3.63, 3.8) is 0 Å². The van der Waals surface area contributed by atoms with E-state index >= 15 is 0 Å². The van der Waals surface area contributed by atoms with Crippen molar-refractivity contribution in [3.8, 4) is 11.5 Å². The number of nitrogens with zero attached hydrogens (tertiary/aromatic N) is 2. The van der Waals surface area contributed by atoms with Crippen LogP contribution in [0.15, 0.2) is 41.6 Å². The van der Waals surface area contributed by atoms with Gasteiger partial charge in [0.25, 0.3) is 0 Å². The van der Waals surface area contributed by atoms with Crippen molar-refractivity contribution in [3.05, 3.63) is 36.7 Å². The van der Waals surface area contributed by atoms with Crippen molar-refractivity contribution in [1.29, 1.82) is 0 Å². The fourth-order valence-corrected chi connectivity index (χ4v) is 3.58. The number of hydrogen-bond acceptors (Lipinski definition) is 6. The number of rotatable bonds is 11. The van der Waals surface area contributed by atoms with E-state index in [9.17, 15) is 13.2 Å². The molecule has 0 aliphatic carbocycles. The van der Waals surface area contributed by atoms with Crippen LogP contribution in [0, 0.1) is 5.92 Å². The van der Waals surface area contributed by atoms with Gasteiger partial charge in [0.2, 0.25) is 15.9 Å². The molecule has 1 atom stereocenters. The average Bonchev–Trinajstić information content (AvgIpc) is 3.18. The van der Waals surface area contributed by atoms with E-state index in [0.29, 0.717) is 24.6 Å². The molecule has 28 heavy (non-hydrogen) atoms. The summed E-state index contributed by atoms with van der Waals surface area (Å²) in [5, 5.41) is 6.93. The number of nitrogens with one attached hydrogen (secondary N) is 2. The molecule has 1 unspecified atom stereocenters. The molecule has 1 amide bonds. The number of amides is 1. The SMILES string of the molecule is COc1ccc(S(=O)(=O)NCCC(=O)NCC(C)Cn2cccn2)cc1OC. The Balaban J connectivity index is 1.79. The molecular weight excluding hydrogens is 384 g/mol. The molecule has 10 heteroatoms. The van der Waals surface area contributed by atoms with Gasteiger partial charge in [-0.05, 0) is 24.1 Å². The zero-order chi connectivity index (χ0) is 20.6. The van der Waals surface area contributed by atoms with E-state index in [1.165, 1.54) is 32.4 Å². The number of carbonyl (C=O) groups is 1. The lowest BCUT2D eigenvalue weighted by molar-refractivity contribution is -0.121. The van der Waals surface area contributed by atoms with Gasteiger partial charge in [-0.15, -0.1) is 0 Å². The zero-order valence-electron chi connectivity index (χ0n) is 16.2. The number of aromatic nitrogens is 2. The summed E-state index contributed by atoms with van der Waals surface area (Å²) < 4.78 is 39.2. The third kappa shape index (κ3) is 6.24. The molecule has 1 aromatic heterocycles. The first kappa shape index (κ1) is 21.7. The van der Waals surface area contributed by atoms with Gasteiger partial charge >= 0.3 is 0 Å². The Kier molecular flexibility index (Phi) is 7.82. The second kappa shape index (κ2) is 10.1. The highest BCUT2D eigenvalue weighted by Crippen LogP contribution is 2.29. The number of benzene rings is 1. The third-order valence-electron chi connectivity index (χ3n) is 4.02. The van der Waals surface area contributed by atoms with Crippen molar-refractivity contribution >= 4 is 15.9 Å². The summed E-state index contributed by atoms with van der Waals surface area (Å²) in [5.74, 6) is 0.731. The lowest BCUT2D eigenvalue weighted by atomic mass is 10.2. The molecule has 0 radical (unpaired) electrons. The highest BCUT2D eigenvalue weighted by atomic mass is 32.2. The number of ether oxygens (including phenoxy) is 2. The van der Waals surface area contributed by atoms with Gasteiger partial charge in [0.05, 0.1) is 19.1 Å². The van der Waals surface area contributed by atoms with Crippen molar-refractivity contribution in [2.45, 2.75) is 24.8 Å². The largest absolute Gasteiger partial charge is 0.493 e. The molecule has 0 aliphatic heterocycles. The maximum absolute atomic E-state index is 12.4. The van der Waals surface area contributed by atoms with Gasteiger partial charge in [-0.2, -0.15) is 5.10 Å². The van der Waals surface area contributed by atoms with Crippen molar-refractivity contribution in [2.24, 2.45) is 5.92 Å². The normalized spacial score (nSPS) is 12.4. The van der Waals surface area contributed by atoms with E-state index in [-0.39, 0.29) is 29.7 Å². The summed E-state index contributed by atoms with van der Waals surface area (Å²) in [5.41, 5.74) is 0. The summed E-state index contributed by atoms with van der Waals surface area (Å²) >= 11 is 0. The van der Waals surface area contributed by atoms with E-state index < -0.39 is 10.0 Å². The predicted molar refractivity (Wildman–Crippen MR) is 104 cm³/mol. The van der Waals surface area contributed by atoms with Crippen molar-refractivity contribution in [1.82, 2.24) is 19.8 Å². The third-order valence-corrected chi connectivity index (χ3v) is 5.47. The first-order chi connectivity index (χ1) is 13.4. The molecule has 2 aromatic rings. The first-order valence-corrected chi connectivity index (χ1v) is 10.3. The van der Waals surface area contributed by atoms with Crippen molar-refractivity contribution < 1.29 is 22.7 Å². The van der Waals surface area contributed by atoms with E-state index in [4.69, 9.17) is 9.47 Å². The van der Waals surface area contributed by atoms with Crippen LogP contribution in [0.3, 0.4) is 0 Å². The van der Waals surface area contributed by atoms with Gasteiger partial charge < -0.3 is 14.8 Å². The van der Waals surface area contributed by atoms with Crippen LogP contribution in [0.1, 0.15) is 13.3 Å². The summed E-state index contributed by atoms with van der Waals surface area (Å²) in [4.78, 5) is 12.0. The van der Waals surface area contributed by atoms with E-state index in [0.717, 1.165) is 0 Å². The lowest BCUT2D eigenvalue weighted by Gasteiger charge is -2.13. The molecule has 1 heterocycles. The standard InChI is InChI=1S/C18H26N4O5S/c1-14(13-22-10-4-8-20-22)12-19-18(23)7-9-21-28(24,25)15-5-6-16(26-2)17(11-15)27-3/h4-6,8,10-11,14,21H,7,9,12-13H2,1-3H3,(H,19,23). The minimum absolute atomic E-state index is 0.00392. The van der Waals surface area contributed by atoms with Crippen LogP contribution >= 0.6 is 0 Å². The minimum atomic E-state index is -3.76. The maximum atomic E-state index is 12.4. The fraction of sp³-hybridized carbons (Fsp3) is 0.444. The van der Waals surface area contributed by atoms with Crippen LogP contribution in [0.5, 0.6) is 11.5 Å². The number of methoxy groups -OCH3 is 2. The molecule has 0 saturated carbocycles. The lowest BCUT2D eigenvalue weighted by Crippen LogP contribution is -2.33. The highest BCUT2D eigenvalue weighted by Gasteiger charge is 2.17. The van der Waals surface area contributed by atoms with Gasteiger partial charge in [0, 0.05) is 44.5 Å². The second-order valence-electron chi connectivity index (χ2n) is 6.30.